The molecule has 0 saturated carbocycles. The van der Waals surface area contributed by atoms with E-state index in [1.54, 1.807) is 19.1 Å². The molecule has 26 heavy (non-hydrogen) atoms. The molecule has 0 fully saturated rings. The highest BCUT2D eigenvalue weighted by molar-refractivity contribution is 5.84. The van der Waals surface area contributed by atoms with Crippen LogP contribution in [-0.2, 0) is 22.6 Å². The van der Waals surface area contributed by atoms with Crippen LogP contribution in [0.5, 0.6) is 11.5 Å². The third-order valence-electron chi connectivity index (χ3n) is 4.82. The molecule has 0 atom stereocenters. The highest BCUT2D eigenvalue weighted by atomic mass is 16.5. The first-order valence-electron chi connectivity index (χ1n) is 9.12. The zero-order chi connectivity index (χ0) is 19.3. The smallest absolute Gasteiger partial charge is 0.242 e. The molecule has 1 heterocycles. The van der Waals surface area contributed by atoms with Crippen molar-refractivity contribution in [3.8, 4) is 11.5 Å². The number of nitrogens with zero attached hydrogens (tertiary/aromatic N) is 2. The summed E-state index contributed by atoms with van der Waals surface area (Å²) < 4.78 is 10.7. The number of carbonyl (C=O) groups excluding carboxylic acids is 2. The highest BCUT2D eigenvalue weighted by Crippen LogP contribution is 2.33. The quantitative estimate of drug-likeness (QED) is 0.748. The molecule has 0 aliphatic carbocycles. The summed E-state index contributed by atoms with van der Waals surface area (Å²) in [6, 6.07) is 3.93. The van der Waals surface area contributed by atoms with Crippen molar-refractivity contribution in [3.63, 3.8) is 0 Å². The van der Waals surface area contributed by atoms with Gasteiger partial charge < -0.3 is 19.3 Å². The lowest BCUT2D eigenvalue weighted by molar-refractivity contribution is -0.140. The monoisotopic (exact) mass is 362 g/mol. The van der Waals surface area contributed by atoms with E-state index in [1.807, 2.05) is 17.0 Å². The molecular weight excluding hydrogens is 332 g/mol. The molecule has 0 bridgehead atoms. The molecule has 144 valence electrons. The summed E-state index contributed by atoms with van der Waals surface area (Å²) in [5.74, 6) is 1.81. The maximum Gasteiger partial charge on any atom is 0.242 e. The van der Waals surface area contributed by atoms with Crippen molar-refractivity contribution >= 4 is 11.8 Å². The fourth-order valence-corrected chi connectivity index (χ4v) is 3.12. The maximum absolute atomic E-state index is 12.7. The van der Waals surface area contributed by atoms with E-state index >= 15 is 0 Å². The second-order valence-electron chi connectivity index (χ2n) is 7.16. The highest BCUT2D eigenvalue weighted by Gasteiger charge is 2.25. The van der Waals surface area contributed by atoms with E-state index in [0.717, 1.165) is 18.4 Å². The first-order valence-corrected chi connectivity index (χ1v) is 9.12. The topological polar surface area (TPSA) is 59.1 Å². The van der Waals surface area contributed by atoms with E-state index in [1.165, 1.54) is 12.5 Å². The van der Waals surface area contributed by atoms with Gasteiger partial charge in [-0.15, -0.1) is 0 Å². The summed E-state index contributed by atoms with van der Waals surface area (Å²) in [6.45, 7) is 7.70. The number of hydrogen-bond acceptors (Lipinski definition) is 4. The van der Waals surface area contributed by atoms with Crippen molar-refractivity contribution in [3.05, 3.63) is 23.3 Å². The first kappa shape index (κ1) is 20.1. The number of carbonyl (C=O) groups is 2. The van der Waals surface area contributed by atoms with E-state index in [4.69, 9.17) is 9.47 Å². The molecule has 2 amide bonds. The van der Waals surface area contributed by atoms with Crippen LogP contribution in [0.25, 0.3) is 0 Å². The van der Waals surface area contributed by atoms with E-state index in [9.17, 15) is 9.59 Å². The summed E-state index contributed by atoms with van der Waals surface area (Å²) in [6.07, 6.45) is 1.67. The zero-order valence-corrected chi connectivity index (χ0v) is 16.5. The summed E-state index contributed by atoms with van der Waals surface area (Å²) in [4.78, 5) is 28.0. The second-order valence-corrected chi connectivity index (χ2v) is 7.16. The molecule has 0 spiro atoms. The van der Waals surface area contributed by atoms with Gasteiger partial charge in [-0.3, -0.25) is 9.59 Å². The Balaban J connectivity index is 2.06. The van der Waals surface area contributed by atoms with E-state index < -0.39 is 0 Å². The van der Waals surface area contributed by atoms with Gasteiger partial charge in [0.1, 0.15) is 0 Å². The van der Waals surface area contributed by atoms with Crippen LogP contribution in [0.3, 0.4) is 0 Å². The van der Waals surface area contributed by atoms with Crippen molar-refractivity contribution in [2.75, 3.05) is 33.9 Å². The van der Waals surface area contributed by atoms with Crippen molar-refractivity contribution in [2.45, 2.75) is 40.2 Å². The molecule has 1 aliphatic heterocycles. The van der Waals surface area contributed by atoms with Gasteiger partial charge >= 0.3 is 0 Å². The summed E-state index contributed by atoms with van der Waals surface area (Å²) in [7, 11) is 3.23. The van der Waals surface area contributed by atoms with Gasteiger partial charge in [-0.05, 0) is 42.0 Å². The summed E-state index contributed by atoms with van der Waals surface area (Å²) in [5, 5.41) is 0. The third-order valence-corrected chi connectivity index (χ3v) is 4.82. The molecule has 0 N–H and O–H groups in total. The number of ether oxygens (including phenoxy) is 2. The Bertz CT molecular complexity index is 657. The molecule has 0 aromatic heterocycles. The number of fused-ring (bicyclic) bond motifs is 1. The van der Waals surface area contributed by atoms with Crippen LogP contribution in [0, 0.1) is 5.92 Å². The predicted molar refractivity (Wildman–Crippen MR) is 100 cm³/mol. The Labute approximate surface area is 156 Å². The standard InChI is InChI=1S/C20H30N2O4/c1-14(2)6-8-21(15(3)23)13-20(24)22-9-7-16-10-18(25-4)19(26-5)11-17(16)12-22/h10-11,14H,6-9,12-13H2,1-5H3. The van der Waals surface area contributed by atoms with Crippen LogP contribution in [0.4, 0.5) is 0 Å². The Morgan fingerprint density at radius 1 is 1.15 bits per heavy atom. The minimum Gasteiger partial charge on any atom is -0.493 e. The van der Waals surface area contributed by atoms with Gasteiger partial charge in [0.2, 0.25) is 11.8 Å². The number of rotatable bonds is 7. The van der Waals surface area contributed by atoms with Crippen molar-refractivity contribution in [2.24, 2.45) is 5.92 Å². The van der Waals surface area contributed by atoms with Gasteiger partial charge in [0.15, 0.2) is 11.5 Å². The summed E-state index contributed by atoms with van der Waals surface area (Å²) >= 11 is 0. The van der Waals surface area contributed by atoms with Crippen LogP contribution in [0.15, 0.2) is 12.1 Å². The molecule has 6 nitrogen and oxygen atoms in total. The molecule has 1 aromatic rings. The Hall–Kier alpha value is -2.24. The van der Waals surface area contributed by atoms with Crippen LogP contribution in [0.2, 0.25) is 0 Å². The van der Waals surface area contributed by atoms with Crippen LogP contribution in [-0.4, -0.2) is 55.5 Å². The van der Waals surface area contributed by atoms with E-state index in [2.05, 4.69) is 13.8 Å². The van der Waals surface area contributed by atoms with Gasteiger partial charge in [-0.1, -0.05) is 13.8 Å². The van der Waals surface area contributed by atoms with Crippen molar-refractivity contribution < 1.29 is 19.1 Å². The average molecular weight is 362 g/mol. The lowest BCUT2D eigenvalue weighted by Crippen LogP contribution is -2.44. The molecular formula is C20H30N2O4. The number of benzene rings is 1. The fraction of sp³-hybridized carbons (Fsp3) is 0.600. The van der Waals surface area contributed by atoms with Crippen molar-refractivity contribution in [1.29, 1.82) is 0 Å². The average Bonchev–Trinajstić information content (AvgIpc) is 2.62. The minimum absolute atomic E-state index is 0.00982. The predicted octanol–water partition coefficient (Wildman–Crippen LogP) is 2.48. The normalized spacial score (nSPS) is 13.4. The molecule has 1 aliphatic rings. The van der Waals surface area contributed by atoms with Crippen LogP contribution >= 0.6 is 0 Å². The Morgan fingerprint density at radius 2 is 1.77 bits per heavy atom. The molecule has 1 aromatic carbocycles. The third kappa shape index (κ3) is 4.90. The minimum atomic E-state index is -0.0529. The van der Waals surface area contributed by atoms with Gasteiger partial charge in [-0.25, -0.2) is 0 Å². The lowest BCUT2D eigenvalue weighted by atomic mass is 9.98. The maximum atomic E-state index is 12.7. The second kappa shape index (κ2) is 8.92. The largest absolute Gasteiger partial charge is 0.493 e. The molecule has 0 unspecified atom stereocenters. The Kier molecular flexibility index (Phi) is 6.89. The molecule has 2 rings (SSSR count). The number of amides is 2. The molecule has 0 radical (unpaired) electrons. The van der Waals surface area contributed by atoms with Crippen molar-refractivity contribution in [1.82, 2.24) is 9.80 Å². The van der Waals surface area contributed by atoms with Gasteiger partial charge in [0.05, 0.1) is 20.8 Å². The SMILES string of the molecule is COc1cc2c(cc1OC)CN(C(=O)CN(CCC(C)C)C(C)=O)CC2. The van der Waals surface area contributed by atoms with E-state index in [-0.39, 0.29) is 18.4 Å². The molecule has 0 saturated heterocycles. The van der Waals surface area contributed by atoms with Gasteiger partial charge in [-0.2, -0.15) is 0 Å². The zero-order valence-electron chi connectivity index (χ0n) is 16.5. The fourth-order valence-electron chi connectivity index (χ4n) is 3.12. The Morgan fingerprint density at radius 3 is 2.31 bits per heavy atom. The first-order chi connectivity index (χ1) is 12.3. The van der Waals surface area contributed by atoms with E-state index in [0.29, 0.717) is 37.1 Å². The number of methoxy groups -OCH3 is 2. The van der Waals surface area contributed by atoms with Crippen LogP contribution in [0.1, 0.15) is 38.3 Å². The number of hydrogen-bond donors (Lipinski definition) is 0. The molecule has 6 heteroatoms. The van der Waals surface area contributed by atoms with Gasteiger partial charge in [0.25, 0.3) is 0 Å². The van der Waals surface area contributed by atoms with Crippen LogP contribution < -0.4 is 9.47 Å². The van der Waals surface area contributed by atoms with Gasteiger partial charge in [0, 0.05) is 26.6 Å². The summed E-state index contributed by atoms with van der Waals surface area (Å²) in [5.41, 5.74) is 2.24. The lowest BCUT2D eigenvalue weighted by Gasteiger charge is -2.31.